The number of ether oxygens (including phenoxy) is 5. The highest BCUT2D eigenvalue weighted by molar-refractivity contribution is 5.80. The maximum Gasteiger partial charge on any atom is 0.305 e. The Morgan fingerprint density at radius 2 is 1.40 bits per heavy atom. The number of esters is 4. The fourth-order valence-electron chi connectivity index (χ4n) is 3.27. The SMILES string of the molecule is CC(=O)OC[C@H]1OC(OC(C)=O)[C@@H](NC(=O)C2CCC2)[C@@H](OC(C)=O)[C@@H]1OC(C)=O. The summed E-state index contributed by atoms with van der Waals surface area (Å²) >= 11 is 0. The van der Waals surface area contributed by atoms with E-state index in [1.165, 1.54) is 6.92 Å². The number of nitrogens with one attached hydrogen (secondary N) is 1. The van der Waals surface area contributed by atoms with Gasteiger partial charge < -0.3 is 29.0 Å². The van der Waals surface area contributed by atoms with Crippen LogP contribution in [0.3, 0.4) is 0 Å². The lowest BCUT2D eigenvalue weighted by Gasteiger charge is -2.45. The van der Waals surface area contributed by atoms with Crippen molar-refractivity contribution >= 4 is 29.8 Å². The molecule has 1 aliphatic carbocycles. The number of carbonyl (C=O) groups excluding carboxylic acids is 5. The van der Waals surface area contributed by atoms with E-state index in [0.717, 1.165) is 27.2 Å². The molecular weight excluding hydrogens is 402 g/mol. The first-order valence-electron chi connectivity index (χ1n) is 9.69. The number of carbonyl (C=O) groups is 5. The van der Waals surface area contributed by atoms with Crippen LogP contribution in [0.2, 0.25) is 0 Å². The zero-order chi connectivity index (χ0) is 22.4. The molecule has 1 aliphatic heterocycles. The highest BCUT2D eigenvalue weighted by atomic mass is 16.7. The second-order valence-corrected chi connectivity index (χ2v) is 7.27. The molecule has 0 aromatic heterocycles. The second-order valence-electron chi connectivity index (χ2n) is 7.27. The zero-order valence-electron chi connectivity index (χ0n) is 17.4. The Labute approximate surface area is 173 Å². The average Bonchev–Trinajstić information content (AvgIpc) is 2.55. The van der Waals surface area contributed by atoms with Crippen LogP contribution in [0.25, 0.3) is 0 Å². The molecule has 168 valence electrons. The van der Waals surface area contributed by atoms with Crippen LogP contribution in [0.15, 0.2) is 0 Å². The summed E-state index contributed by atoms with van der Waals surface area (Å²) < 4.78 is 26.5. The Morgan fingerprint density at radius 1 is 0.833 bits per heavy atom. The molecule has 1 saturated heterocycles. The van der Waals surface area contributed by atoms with Gasteiger partial charge in [0.25, 0.3) is 0 Å². The molecule has 0 spiro atoms. The van der Waals surface area contributed by atoms with Gasteiger partial charge in [-0.2, -0.15) is 0 Å². The van der Waals surface area contributed by atoms with Gasteiger partial charge in [0.2, 0.25) is 12.2 Å². The van der Waals surface area contributed by atoms with Gasteiger partial charge >= 0.3 is 23.9 Å². The van der Waals surface area contributed by atoms with E-state index in [1.54, 1.807) is 0 Å². The minimum atomic E-state index is -1.36. The van der Waals surface area contributed by atoms with Crippen molar-refractivity contribution in [2.24, 2.45) is 5.92 Å². The van der Waals surface area contributed by atoms with Crippen molar-refractivity contribution in [2.75, 3.05) is 6.61 Å². The maximum absolute atomic E-state index is 12.6. The molecule has 1 amide bonds. The predicted molar refractivity (Wildman–Crippen MR) is 97.4 cm³/mol. The molecule has 1 heterocycles. The van der Waals surface area contributed by atoms with Gasteiger partial charge in [-0.15, -0.1) is 0 Å². The minimum Gasteiger partial charge on any atom is -0.463 e. The molecule has 1 N–H and O–H groups in total. The van der Waals surface area contributed by atoms with Crippen molar-refractivity contribution in [2.45, 2.75) is 77.6 Å². The molecule has 0 aromatic rings. The fraction of sp³-hybridized carbons (Fsp3) is 0.737. The standard InChI is InChI=1S/C19H27NO10/c1-9(21)26-8-14-16(27-10(2)22)17(28-11(3)23)15(19(30-14)29-12(4)24)20-18(25)13-6-5-7-13/h13-17,19H,5-8H2,1-4H3,(H,20,25)/t14-,15+,16-,17-,19?/m1/s1. The van der Waals surface area contributed by atoms with E-state index in [9.17, 15) is 24.0 Å². The van der Waals surface area contributed by atoms with E-state index in [1.807, 2.05) is 0 Å². The van der Waals surface area contributed by atoms with Crippen molar-refractivity contribution in [3.63, 3.8) is 0 Å². The van der Waals surface area contributed by atoms with Crippen molar-refractivity contribution in [3.05, 3.63) is 0 Å². The van der Waals surface area contributed by atoms with Gasteiger partial charge in [-0.3, -0.25) is 24.0 Å². The van der Waals surface area contributed by atoms with E-state index >= 15 is 0 Å². The molecule has 11 heteroatoms. The van der Waals surface area contributed by atoms with Crippen LogP contribution in [-0.4, -0.2) is 67.0 Å². The van der Waals surface area contributed by atoms with Gasteiger partial charge in [0.05, 0.1) is 0 Å². The first-order valence-corrected chi connectivity index (χ1v) is 9.69. The molecule has 0 radical (unpaired) electrons. The molecule has 0 bridgehead atoms. The summed E-state index contributed by atoms with van der Waals surface area (Å²) in [7, 11) is 0. The van der Waals surface area contributed by atoms with Crippen molar-refractivity contribution in [3.8, 4) is 0 Å². The van der Waals surface area contributed by atoms with Crippen LogP contribution in [0.1, 0.15) is 47.0 Å². The Bertz CT molecular complexity index is 689. The third-order valence-corrected chi connectivity index (χ3v) is 4.77. The molecule has 1 unspecified atom stereocenters. The molecule has 2 fully saturated rings. The van der Waals surface area contributed by atoms with Crippen molar-refractivity contribution in [1.29, 1.82) is 0 Å². The van der Waals surface area contributed by atoms with Crippen LogP contribution in [0.4, 0.5) is 0 Å². The molecule has 5 atom stereocenters. The van der Waals surface area contributed by atoms with Crippen LogP contribution < -0.4 is 5.32 Å². The number of hydrogen-bond acceptors (Lipinski definition) is 10. The molecule has 2 aliphatic rings. The van der Waals surface area contributed by atoms with Gasteiger partial charge in [0.15, 0.2) is 12.2 Å². The summed E-state index contributed by atoms with van der Waals surface area (Å²) in [5.74, 6) is -3.27. The number of rotatable bonds is 7. The van der Waals surface area contributed by atoms with Gasteiger partial charge in [-0.25, -0.2) is 0 Å². The summed E-state index contributed by atoms with van der Waals surface area (Å²) in [4.78, 5) is 58.9. The summed E-state index contributed by atoms with van der Waals surface area (Å²) in [6.45, 7) is 4.26. The third-order valence-electron chi connectivity index (χ3n) is 4.77. The lowest BCUT2D eigenvalue weighted by atomic mass is 9.84. The second kappa shape index (κ2) is 10.4. The number of amides is 1. The summed E-state index contributed by atoms with van der Waals surface area (Å²) in [5.41, 5.74) is 0. The lowest BCUT2D eigenvalue weighted by molar-refractivity contribution is -0.271. The minimum absolute atomic E-state index is 0.216. The topological polar surface area (TPSA) is 144 Å². The monoisotopic (exact) mass is 429 g/mol. The summed E-state index contributed by atoms with van der Waals surface area (Å²) in [5, 5.41) is 2.70. The smallest absolute Gasteiger partial charge is 0.305 e. The van der Waals surface area contributed by atoms with E-state index in [2.05, 4.69) is 5.32 Å². The van der Waals surface area contributed by atoms with Crippen molar-refractivity contribution < 1.29 is 47.7 Å². The van der Waals surface area contributed by atoms with E-state index in [-0.39, 0.29) is 18.4 Å². The predicted octanol–water partition coefficient (Wildman–Crippen LogP) is -0.0142. The van der Waals surface area contributed by atoms with Gasteiger partial charge in [0, 0.05) is 33.6 Å². The van der Waals surface area contributed by atoms with Gasteiger partial charge in [-0.05, 0) is 12.8 Å². The highest BCUT2D eigenvalue weighted by Gasteiger charge is 2.52. The lowest BCUT2D eigenvalue weighted by Crippen LogP contribution is -2.67. The van der Waals surface area contributed by atoms with Gasteiger partial charge in [-0.1, -0.05) is 6.42 Å². The quantitative estimate of drug-likeness (QED) is 0.433. The fourth-order valence-corrected chi connectivity index (χ4v) is 3.27. The van der Waals surface area contributed by atoms with Crippen LogP contribution >= 0.6 is 0 Å². The first kappa shape index (κ1) is 23.6. The molecule has 2 rings (SSSR count). The van der Waals surface area contributed by atoms with Crippen LogP contribution in [0.5, 0.6) is 0 Å². The molecule has 0 aromatic carbocycles. The van der Waals surface area contributed by atoms with Crippen LogP contribution in [0, 0.1) is 5.92 Å². The Kier molecular flexibility index (Phi) is 8.16. The van der Waals surface area contributed by atoms with Crippen LogP contribution in [-0.2, 0) is 47.7 Å². The van der Waals surface area contributed by atoms with E-state index < -0.39 is 54.5 Å². The Hall–Kier alpha value is -2.69. The highest BCUT2D eigenvalue weighted by Crippen LogP contribution is 2.30. The van der Waals surface area contributed by atoms with Crippen molar-refractivity contribution in [1.82, 2.24) is 5.32 Å². The average molecular weight is 429 g/mol. The molecule has 11 nitrogen and oxygen atoms in total. The van der Waals surface area contributed by atoms with Gasteiger partial charge in [0.1, 0.15) is 18.8 Å². The van der Waals surface area contributed by atoms with E-state index in [0.29, 0.717) is 12.8 Å². The largest absolute Gasteiger partial charge is 0.463 e. The Balaban J connectivity index is 2.36. The normalized spacial score (nSPS) is 28.5. The third kappa shape index (κ3) is 6.41. The maximum atomic E-state index is 12.6. The summed E-state index contributed by atoms with van der Waals surface area (Å²) in [6, 6.07) is -1.14. The van der Waals surface area contributed by atoms with E-state index in [4.69, 9.17) is 23.7 Å². The molecule has 30 heavy (non-hydrogen) atoms. The molecular formula is C19H27NO10. The zero-order valence-corrected chi connectivity index (χ0v) is 17.4. The Morgan fingerprint density at radius 3 is 1.87 bits per heavy atom. The summed E-state index contributed by atoms with van der Waals surface area (Å²) in [6.07, 6.45) is -2.60. The first-order chi connectivity index (χ1) is 14.1. The number of hydrogen-bond donors (Lipinski definition) is 1. The molecule has 1 saturated carbocycles.